The molecule has 0 bridgehead atoms. The van der Waals surface area contributed by atoms with E-state index in [1.165, 1.54) is 11.1 Å². The van der Waals surface area contributed by atoms with Gasteiger partial charge in [0.2, 0.25) is 0 Å². The molecular weight excluding hydrogens is 300 g/mol. The quantitative estimate of drug-likeness (QED) is 0.819. The van der Waals surface area contributed by atoms with Crippen molar-refractivity contribution in [3.63, 3.8) is 0 Å². The van der Waals surface area contributed by atoms with E-state index in [1.54, 1.807) is 0 Å². The second-order valence-corrected chi connectivity index (χ2v) is 6.02. The number of hydrogen-bond acceptors (Lipinski definition) is 2. The van der Waals surface area contributed by atoms with Crippen LogP contribution in [0.2, 0.25) is 5.02 Å². The molecule has 0 aromatic heterocycles. The second kappa shape index (κ2) is 8.79. The zero-order chi connectivity index (χ0) is 14.9. The fraction of sp³-hybridized carbons (Fsp3) is 0.222. The lowest BCUT2D eigenvalue weighted by Gasteiger charge is -2.03. The summed E-state index contributed by atoms with van der Waals surface area (Å²) >= 11 is 7.75. The summed E-state index contributed by atoms with van der Waals surface area (Å²) in [6.45, 7) is 0.115. The van der Waals surface area contributed by atoms with Gasteiger partial charge in [0, 0.05) is 28.5 Å². The van der Waals surface area contributed by atoms with Gasteiger partial charge in [0.15, 0.2) is 0 Å². The maximum atomic E-state index is 8.73. The third-order valence-electron chi connectivity index (χ3n) is 2.85. The minimum Gasteiger partial charge on any atom is -0.395 e. The lowest BCUT2D eigenvalue weighted by Crippen LogP contribution is -1.85. The molecule has 1 N–H and O–H groups in total. The topological polar surface area (TPSA) is 20.2 Å². The summed E-state index contributed by atoms with van der Waals surface area (Å²) in [7, 11) is 0. The summed E-state index contributed by atoms with van der Waals surface area (Å²) in [5.74, 6) is 7.94. The highest BCUT2D eigenvalue weighted by Crippen LogP contribution is 2.19. The second-order valence-electron chi connectivity index (χ2n) is 4.60. The van der Waals surface area contributed by atoms with Crippen LogP contribution in [0, 0.1) is 11.8 Å². The van der Waals surface area contributed by atoms with Crippen LogP contribution in [0.5, 0.6) is 0 Å². The molecule has 0 saturated carbocycles. The molecule has 0 aliphatic rings. The number of benzene rings is 2. The van der Waals surface area contributed by atoms with Gasteiger partial charge in [-0.2, -0.15) is 11.8 Å². The molecule has 1 nitrogen and oxygen atoms in total. The molecule has 0 saturated heterocycles. The predicted octanol–water partition coefficient (Wildman–Crippen LogP) is 4.51. The van der Waals surface area contributed by atoms with Crippen LogP contribution in [0.1, 0.15) is 23.1 Å². The van der Waals surface area contributed by atoms with Crippen molar-refractivity contribution in [1.29, 1.82) is 0 Å². The van der Waals surface area contributed by atoms with Crippen molar-refractivity contribution in [2.24, 2.45) is 0 Å². The molecule has 2 rings (SSSR count). The fourth-order valence-corrected chi connectivity index (χ4v) is 2.90. The Bertz CT molecular complexity index is 626. The average molecular weight is 317 g/mol. The molecule has 0 radical (unpaired) electrons. The van der Waals surface area contributed by atoms with Crippen LogP contribution in [0.25, 0.3) is 0 Å². The van der Waals surface area contributed by atoms with Crippen LogP contribution in [-0.4, -0.2) is 11.7 Å². The van der Waals surface area contributed by atoms with E-state index in [1.807, 2.05) is 36.0 Å². The van der Waals surface area contributed by atoms with Crippen molar-refractivity contribution in [2.45, 2.75) is 17.9 Å². The molecule has 3 heteroatoms. The van der Waals surface area contributed by atoms with Crippen molar-refractivity contribution in [3.8, 4) is 11.8 Å². The monoisotopic (exact) mass is 316 g/mol. The highest BCUT2D eigenvalue weighted by atomic mass is 35.5. The Morgan fingerprint density at radius 2 is 1.76 bits per heavy atom. The van der Waals surface area contributed by atoms with Gasteiger partial charge in [-0.05, 0) is 35.4 Å². The van der Waals surface area contributed by atoms with E-state index < -0.39 is 0 Å². The molecule has 2 aromatic rings. The van der Waals surface area contributed by atoms with Crippen LogP contribution < -0.4 is 0 Å². The zero-order valence-electron chi connectivity index (χ0n) is 11.7. The van der Waals surface area contributed by atoms with Crippen LogP contribution in [0.4, 0.5) is 0 Å². The number of aliphatic hydroxyl groups excluding tert-OH is 1. The van der Waals surface area contributed by atoms with Gasteiger partial charge < -0.3 is 5.11 Å². The normalized spacial score (nSPS) is 10.0. The minimum atomic E-state index is 0.115. The van der Waals surface area contributed by atoms with Gasteiger partial charge in [0.05, 0.1) is 6.61 Å². The molecule has 0 spiro atoms. The SMILES string of the molecule is OCCC#Cc1cccc(CSCc2ccc(Cl)cc2)c1. The van der Waals surface area contributed by atoms with Gasteiger partial charge in [-0.25, -0.2) is 0 Å². The summed E-state index contributed by atoms with van der Waals surface area (Å²) in [6, 6.07) is 16.2. The Balaban J connectivity index is 1.87. The van der Waals surface area contributed by atoms with E-state index in [9.17, 15) is 0 Å². The van der Waals surface area contributed by atoms with Crippen LogP contribution >= 0.6 is 23.4 Å². The molecule has 0 aliphatic heterocycles. The molecule has 0 heterocycles. The molecule has 0 fully saturated rings. The summed E-state index contributed by atoms with van der Waals surface area (Å²) in [4.78, 5) is 0. The number of halogens is 1. The Kier molecular flexibility index (Phi) is 6.69. The first-order valence-corrected chi connectivity index (χ1v) is 8.32. The molecule has 0 unspecified atom stereocenters. The molecular formula is C18H17ClOS. The molecule has 0 aliphatic carbocycles. The van der Waals surface area contributed by atoms with Gasteiger partial charge in [-0.15, -0.1) is 0 Å². The van der Waals surface area contributed by atoms with Crippen molar-refractivity contribution >= 4 is 23.4 Å². The van der Waals surface area contributed by atoms with E-state index in [0.29, 0.717) is 6.42 Å². The minimum absolute atomic E-state index is 0.115. The summed E-state index contributed by atoms with van der Waals surface area (Å²) in [5, 5.41) is 9.50. The van der Waals surface area contributed by atoms with Crippen molar-refractivity contribution in [3.05, 3.63) is 70.2 Å². The first-order chi connectivity index (χ1) is 10.3. The lowest BCUT2D eigenvalue weighted by atomic mass is 10.1. The Labute approximate surface area is 135 Å². The Morgan fingerprint density at radius 3 is 2.52 bits per heavy atom. The average Bonchev–Trinajstić information content (AvgIpc) is 2.50. The molecule has 0 atom stereocenters. The maximum absolute atomic E-state index is 8.73. The van der Waals surface area contributed by atoms with Crippen molar-refractivity contribution in [1.82, 2.24) is 0 Å². The largest absolute Gasteiger partial charge is 0.395 e. The van der Waals surface area contributed by atoms with Gasteiger partial charge in [-0.1, -0.05) is 47.7 Å². The number of hydrogen-bond donors (Lipinski definition) is 1. The first kappa shape index (κ1) is 16.0. The van der Waals surface area contributed by atoms with Crippen molar-refractivity contribution in [2.75, 3.05) is 6.61 Å². The molecule has 0 amide bonds. The van der Waals surface area contributed by atoms with Crippen LogP contribution in [-0.2, 0) is 11.5 Å². The van der Waals surface area contributed by atoms with E-state index in [0.717, 1.165) is 22.1 Å². The van der Waals surface area contributed by atoms with E-state index >= 15 is 0 Å². The predicted molar refractivity (Wildman–Crippen MR) is 91.5 cm³/mol. The zero-order valence-corrected chi connectivity index (χ0v) is 13.3. The Hall–Kier alpha value is -1.40. The van der Waals surface area contributed by atoms with Crippen LogP contribution in [0.3, 0.4) is 0 Å². The fourth-order valence-electron chi connectivity index (χ4n) is 1.83. The van der Waals surface area contributed by atoms with Gasteiger partial charge in [-0.3, -0.25) is 0 Å². The van der Waals surface area contributed by atoms with Gasteiger partial charge in [0.1, 0.15) is 0 Å². The molecule has 21 heavy (non-hydrogen) atoms. The van der Waals surface area contributed by atoms with Crippen molar-refractivity contribution < 1.29 is 5.11 Å². The summed E-state index contributed by atoms with van der Waals surface area (Å²) in [6.07, 6.45) is 0.523. The Morgan fingerprint density at radius 1 is 1.00 bits per heavy atom. The summed E-state index contributed by atoms with van der Waals surface area (Å²) < 4.78 is 0. The van der Waals surface area contributed by atoms with E-state index in [-0.39, 0.29) is 6.61 Å². The summed E-state index contributed by atoms with van der Waals surface area (Å²) in [5.41, 5.74) is 3.56. The number of thioether (sulfide) groups is 1. The smallest absolute Gasteiger partial charge is 0.0540 e. The molecule has 2 aromatic carbocycles. The highest BCUT2D eigenvalue weighted by Gasteiger charge is 1.97. The third kappa shape index (κ3) is 5.85. The van der Waals surface area contributed by atoms with Gasteiger partial charge in [0.25, 0.3) is 0 Å². The number of aliphatic hydroxyl groups is 1. The lowest BCUT2D eigenvalue weighted by molar-refractivity contribution is 0.305. The third-order valence-corrected chi connectivity index (χ3v) is 4.17. The standard InChI is InChI=1S/C18H17ClOS/c19-18-9-7-16(8-10-18)13-21-14-17-6-3-5-15(12-17)4-1-2-11-20/h3,5-10,12,20H,2,11,13-14H2. The maximum Gasteiger partial charge on any atom is 0.0540 e. The first-order valence-electron chi connectivity index (χ1n) is 6.79. The van der Waals surface area contributed by atoms with Gasteiger partial charge >= 0.3 is 0 Å². The molecule has 108 valence electrons. The van der Waals surface area contributed by atoms with E-state index in [2.05, 4.69) is 36.1 Å². The highest BCUT2D eigenvalue weighted by molar-refractivity contribution is 7.97. The van der Waals surface area contributed by atoms with E-state index in [4.69, 9.17) is 16.7 Å². The number of rotatable bonds is 5. The van der Waals surface area contributed by atoms with Crippen LogP contribution in [0.15, 0.2) is 48.5 Å².